The predicted molar refractivity (Wildman–Crippen MR) is 82.2 cm³/mol. The molecule has 1 fully saturated rings. The van der Waals surface area contributed by atoms with E-state index in [0.717, 1.165) is 42.3 Å². The van der Waals surface area contributed by atoms with Crippen LogP contribution in [0.3, 0.4) is 0 Å². The molecule has 21 heavy (non-hydrogen) atoms. The predicted octanol–water partition coefficient (Wildman–Crippen LogP) is 2.63. The molecule has 1 aromatic carbocycles. The van der Waals surface area contributed by atoms with Crippen molar-refractivity contribution >= 4 is 17.0 Å². The van der Waals surface area contributed by atoms with Crippen molar-refractivity contribution in [1.29, 1.82) is 0 Å². The van der Waals surface area contributed by atoms with Crippen LogP contribution in [0.4, 0.5) is 4.79 Å². The first-order valence-corrected chi connectivity index (χ1v) is 7.47. The summed E-state index contributed by atoms with van der Waals surface area (Å²) in [5.74, 6) is 0. The van der Waals surface area contributed by atoms with Crippen molar-refractivity contribution in [2.45, 2.75) is 38.4 Å². The number of hydrogen-bond acceptors (Lipinski definition) is 2. The molecule has 0 aliphatic heterocycles. The number of fused-ring (bicyclic) bond motifs is 1. The zero-order valence-electron chi connectivity index (χ0n) is 12.0. The Labute approximate surface area is 124 Å². The van der Waals surface area contributed by atoms with Gasteiger partial charge in [-0.05, 0) is 37.4 Å². The van der Waals surface area contributed by atoms with E-state index in [1.54, 1.807) is 4.90 Å². The molecule has 3 rings (SSSR count). The molecule has 1 aliphatic carbocycles. The molecule has 0 atom stereocenters. The van der Waals surface area contributed by atoms with Crippen LogP contribution in [0.15, 0.2) is 30.5 Å². The highest BCUT2D eigenvalue weighted by Gasteiger charge is 2.33. The Balaban J connectivity index is 1.92. The van der Waals surface area contributed by atoms with Crippen molar-refractivity contribution in [2.24, 2.45) is 5.73 Å². The first-order chi connectivity index (χ1) is 10.2. The summed E-state index contributed by atoms with van der Waals surface area (Å²) in [5.41, 5.74) is 7.83. The Bertz CT molecular complexity index is 646. The number of rotatable bonds is 6. The van der Waals surface area contributed by atoms with Crippen molar-refractivity contribution in [1.82, 2.24) is 9.47 Å². The van der Waals surface area contributed by atoms with Crippen LogP contribution >= 0.6 is 0 Å². The van der Waals surface area contributed by atoms with E-state index < -0.39 is 6.09 Å². The fraction of sp³-hybridized carbons (Fsp3) is 0.438. The molecule has 1 aromatic heterocycles. The lowest BCUT2D eigenvalue weighted by Crippen LogP contribution is -2.30. The third-order valence-corrected chi connectivity index (χ3v) is 4.05. The number of nitrogens with two attached hydrogens (primary N) is 1. The number of benzene rings is 1. The van der Waals surface area contributed by atoms with Crippen LogP contribution in [0.2, 0.25) is 0 Å². The Morgan fingerprint density at radius 1 is 1.38 bits per heavy atom. The minimum absolute atomic E-state index is 0.202. The number of para-hydroxylation sites is 1. The number of nitrogens with zero attached hydrogens (tertiary/aromatic N) is 2. The summed E-state index contributed by atoms with van der Waals surface area (Å²) in [6, 6.07) is 8.37. The highest BCUT2D eigenvalue weighted by Crippen LogP contribution is 2.30. The van der Waals surface area contributed by atoms with Gasteiger partial charge in [-0.3, -0.25) is 0 Å². The average Bonchev–Trinajstić information content (AvgIpc) is 3.26. The van der Waals surface area contributed by atoms with Crippen LogP contribution in [0.5, 0.6) is 0 Å². The van der Waals surface area contributed by atoms with Crippen LogP contribution in [0, 0.1) is 0 Å². The van der Waals surface area contributed by atoms with Gasteiger partial charge in [0.15, 0.2) is 0 Å². The molecule has 3 N–H and O–H groups in total. The first kappa shape index (κ1) is 13.9. The van der Waals surface area contributed by atoms with E-state index in [2.05, 4.69) is 22.9 Å². The second-order valence-corrected chi connectivity index (χ2v) is 5.65. The molecule has 5 nitrogen and oxygen atoms in total. The minimum Gasteiger partial charge on any atom is -0.465 e. The maximum Gasteiger partial charge on any atom is 0.407 e. The van der Waals surface area contributed by atoms with Crippen LogP contribution in [-0.2, 0) is 13.1 Å². The highest BCUT2D eigenvalue weighted by atomic mass is 16.4. The number of amides is 1. The number of aromatic nitrogens is 1. The summed E-state index contributed by atoms with van der Waals surface area (Å²) >= 11 is 0. The Morgan fingerprint density at radius 2 is 2.14 bits per heavy atom. The Morgan fingerprint density at radius 3 is 2.81 bits per heavy atom. The maximum atomic E-state index is 11.4. The Hall–Kier alpha value is -2.01. The standard InChI is InChI=1S/C16H21N3O2/c17-8-3-9-18-10-12(14-4-1-2-5-15(14)18)11-19(16(20)21)13-6-7-13/h1-2,4-5,10,13H,3,6-9,11,17H2,(H,20,21). The fourth-order valence-electron chi connectivity index (χ4n) is 2.82. The van der Waals surface area contributed by atoms with Crippen LogP contribution in [0.1, 0.15) is 24.8 Å². The summed E-state index contributed by atoms with van der Waals surface area (Å²) < 4.78 is 2.18. The smallest absolute Gasteiger partial charge is 0.407 e. The largest absolute Gasteiger partial charge is 0.465 e. The quantitative estimate of drug-likeness (QED) is 0.858. The molecule has 0 spiro atoms. The second-order valence-electron chi connectivity index (χ2n) is 5.65. The molecule has 5 heteroatoms. The SMILES string of the molecule is NCCCn1cc(CN(C(=O)O)C2CC2)c2ccccc21. The van der Waals surface area contributed by atoms with E-state index >= 15 is 0 Å². The fourth-order valence-corrected chi connectivity index (χ4v) is 2.82. The van der Waals surface area contributed by atoms with E-state index in [4.69, 9.17) is 5.73 Å². The second kappa shape index (κ2) is 5.77. The van der Waals surface area contributed by atoms with Crippen molar-refractivity contribution < 1.29 is 9.90 Å². The van der Waals surface area contributed by atoms with Crippen LogP contribution in [-0.4, -0.2) is 33.3 Å². The van der Waals surface area contributed by atoms with Crippen LogP contribution in [0.25, 0.3) is 10.9 Å². The van der Waals surface area contributed by atoms with Gasteiger partial charge in [0.25, 0.3) is 0 Å². The monoisotopic (exact) mass is 287 g/mol. The molecule has 0 saturated heterocycles. The third-order valence-electron chi connectivity index (χ3n) is 4.05. The molecule has 1 aliphatic rings. The molecule has 0 radical (unpaired) electrons. The van der Waals surface area contributed by atoms with Gasteiger partial charge in [0.2, 0.25) is 0 Å². The molecule has 0 unspecified atom stereocenters. The number of carboxylic acid groups (broad SMARTS) is 1. The van der Waals surface area contributed by atoms with E-state index in [1.807, 2.05) is 12.1 Å². The van der Waals surface area contributed by atoms with Crippen LogP contribution < -0.4 is 5.73 Å². The minimum atomic E-state index is -0.823. The zero-order valence-corrected chi connectivity index (χ0v) is 12.0. The maximum absolute atomic E-state index is 11.4. The number of aryl methyl sites for hydroxylation is 1. The summed E-state index contributed by atoms with van der Waals surface area (Å²) in [7, 11) is 0. The van der Waals surface area contributed by atoms with Gasteiger partial charge in [0, 0.05) is 29.7 Å². The van der Waals surface area contributed by atoms with E-state index in [0.29, 0.717) is 13.1 Å². The molecule has 1 amide bonds. The van der Waals surface area contributed by atoms with Crippen molar-refractivity contribution in [3.8, 4) is 0 Å². The molecule has 0 bridgehead atoms. The van der Waals surface area contributed by atoms with E-state index in [9.17, 15) is 9.90 Å². The van der Waals surface area contributed by atoms with Gasteiger partial charge in [-0.25, -0.2) is 4.79 Å². The molecule has 112 valence electrons. The van der Waals surface area contributed by atoms with Gasteiger partial charge in [-0.2, -0.15) is 0 Å². The molecule has 1 saturated carbocycles. The van der Waals surface area contributed by atoms with Gasteiger partial charge in [0.1, 0.15) is 0 Å². The van der Waals surface area contributed by atoms with Crippen molar-refractivity contribution in [3.63, 3.8) is 0 Å². The normalized spacial score (nSPS) is 14.5. The third kappa shape index (κ3) is 2.88. The number of hydrogen-bond donors (Lipinski definition) is 2. The lowest BCUT2D eigenvalue weighted by Gasteiger charge is -2.17. The summed E-state index contributed by atoms with van der Waals surface area (Å²) in [6.07, 6.45) is 4.15. The molecule has 2 aromatic rings. The Kier molecular flexibility index (Phi) is 3.84. The highest BCUT2D eigenvalue weighted by molar-refractivity contribution is 5.84. The summed E-state index contributed by atoms with van der Waals surface area (Å²) in [5, 5.41) is 10.5. The van der Waals surface area contributed by atoms with Gasteiger partial charge in [0.05, 0.1) is 6.54 Å². The molecular formula is C16H21N3O2. The van der Waals surface area contributed by atoms with Crippen molar-refractivity contribution in [3.05, 3.63) is 36.0 Å². The van der Waals surface area contributed by atoms with E-state index in [1.165, 1.54) is 0 Å². The topological polar surface area (TPSA) is 71.5 Å². The first-order valence-electron chi connectivity index (χ1n) is 7.47. The van der Waals surface area contributed by atoms with Crippen molar-refractivity contribution in [2.75, 3.05) is 6.54 Å². The summed E-state index contributed by atoms with van der Waals surface area (Å²) in [4.78, 5) is 13.0. The lowest BCUT2D eigenvalue weighted by atomic mass is 10.1. The van der Waals surface area contributed by atoms with Gasteiger partial charge >= 0.3 is 6.09 Å². The molecular weight excluding hydrogens is 266 g/mol. The average molecular weight is 287 g/mol. The molecule has 1 heterocycles. The van der Waals surface area contributed by atoms with Gasteiger partial charge in [-0.15, -0.1) is 0 Å². The number of carbonyl (C=O) groups is 1. The van der Waals surface area contributed by atoms with Gasteiger partial charge in [-0.1, -0.05) is 18.2 Å². The van der Waals surface area contributed by atoms with E-state index in [-0.39, 0.29) is 6.04 Å². The summed E-state index contributed by atoms with van der Waals surface area (Å²) in [6.45, 7) is 1.99. The van der Waals surface area contributed by atoms with Gasteiger partial charge < -0.3 is 20.3 Å². The zero-order chi connectivity index (χ0) is 14.8. The lowest BCUT2D eigenvalue weighted by molar-refractivity contribution is 0.139.